The number of carbonyl (C=O) groups is 1. The van der Waals surface area contributed by atoms with Gasteiger partial charge in [0.15, 0.2) is 5.69 Å². The van der Waals surface area contributed by atoms with Gasteiger partial charge in [0.25, 0.3) is 0 Å². The van der Waals surface area contributed by atoms with Crippen LogP contribution >= 0.6 is 0 Å². The van der Waals surface area contributed by atoms with Crippen LogP contribution in [0.5, 0.6) is 0 Å². The van der Waals surface area contributed by atoms with Gasteiger partial charge in [0.1, 0.15) is 6.20 Å². The van der Waals surface area contributed by atoms with Crippen molar-refractivity contribution in [2.24, 2.45) is 5.10 Å². The van der Waals surface area contributed by atoms with Gasteiger partial charge in [0.2, 0.25) is 5.71 Å². The molecule has 118 valence electrons. The van der Waals surface area contributed by atoms with Gasteiger partial charge >= 0.3 is 12.9 Å². The molecule has 0 unspecified atom stereocenters. The highest BCUT2D eigenvalue weighted by molar-refractivity contribution is 6.63. The number of pyridine rings is 1. The average Bonchev–Trinajstić information content (AvgIpc) is 2.56. The second-order valence-corrected chi connectivity index (χ2v) is 4.93. The molecule has 0 bridgehead atoms. The number of para-hydroxylation sites is 1. The highest BCUT2D eigenvalue weighted by Crippen LogP contribution is 2.25. The standard InChI is InChI=1S/C15H14BF2N3O2/c1-2-23-15(22)14-13-10-6-7-11-20(13)16(17,18)21(19-14)12-8-4-3-5-9-12/h3-11H,2H2,1H3. The van der Waals surface area contributed by atoms with E-state index in [1.54, 1.807) is 31.2 Å². The van der Waals surface area contributed by atoms with Crippen LogP contribution in [0.15, 0.2) is 59.8 Å². The molecule has 3 rings (SSSR count). The minimum atomic E-state index is -4.21. The number of nitrogens with zero attached hydrogens (tertiary/aromatic N) is 3. The van der Waals surface area contributed by atoms with Gasteiger partial charge in [0.05, 0.1) is 6.61 Å². The molecule has 0 atom stereocenters. The lowest BCUT2D eigenvalue weighted by Crippen LogP contribution is -2.73. The van der Waals surface area contributed by atoms with Crippen LogP contribution < -0.4 is 9.40 Å². The number of ether oxygens (including phenoxy) is 1. The van der Waals surface area contributed by atoms with E-state index in [0.29, 0.717) is 4.92 Å². The molecule has 2 aromatic rings. The first-order chi connectivity index (χ1) is 11.1. The molecule has 2 heterocycles. The van der Waals surface area contributed by atoms with Gasteiger partial charge in [-0.05, 0) is 25.1 Å². The molecule has 0 amide bonds. The number of hydrogen-bond acceptors (Lipinski definition) is 4. The summed E-state index contributed by atoms with van der Waals surface area (Å²) in [7, 11) is 0. The van der Waals surface area contributed by atoms with Gasteiger partial charge in [-0.1, -0.05) is 24.3 Å². The van der Waals surface area contributed by atoms with E-state index < -0.39 is 12.9 Å². The fourth-order valence-electron chi connectivity index (χ4n) is 2.44. The number of carbonyl (C=O) groups excluding carboxylic acids is 1. The fraction of sp³-hybridized carbons (Fsp3) is 0.133. The van der Waals surface area contributed by atoms with E-state index in [1.165, 1.54) is 30.5 Å². The topological polar surface area (TPSA) is 45.8 Å². The van der Waals surface area contributed by atoms with Gasteiger partial charge in [-0.25, -0.2) is 4.79 Å². The Labute approximate surface area is 131 Å². The lowest BCUT2D eigenvalue weighted by atomic mass is 9.91. The molecule has 0 saturated carbocycles. The van der Waals surface area contributed by atoms with Crippen molar-refractivity contribution in [1.29, 1.82) is 0 Å². The number of benzene rings is 1. The Morgan fingerprint density at radius 1 is 1.22 bits per heavy atom. The number of hydrogen-bond donors (Lipinski definition) is 0. The van der Waals surface area contributed by atoms with E-state index >= 15 is 0 Å². The van der Waals surface area contributed by atoms with Crippen molar-refractivity contribution >= 4 is 24.3 Å². The molecular formula is C15H14BF2N3O2. The largest absolute Gasteiger partial charge is 0.753 e. The number of aromatic nitrogens is 1. The van der Waals surface area contributed by atoms with E-state index in [0.717, 1.165) is 4.48 Å². The van der Waals surface area contributed by atoms with E-state index in [4.69, 9.17) is 4.74 Å². The van der Waals surface area contributed by atoms with Crippen LogP contribution in [0.4, 0.5) is 14.3 Å². The Hall–Kier alpha value is -2.77. The predicted molar refractivity (Wildman–Crippen MR) is 82.1 cm³/mol. The molecule has 0 aliphatic carbocycles. The van der Waals surface area contributed by atoms with Crippen LogP contribution in [0.1, 0.15) is 12.6 Å². The summed E-state index contributed by atoms with van der Waals surface area (Å²) in [6.45, 7) is -2.43. The minimum Gasteiger partial charge on any atom is -0.461 e. The summed E-state index contributed by atoms with van der Waals surface area (Å²) >= 11 is 0. The summed E-state index contributed by atoms with van der Waals surface area (Å²) in [4.78, 5) is 12.7. The lowest BCUT2D eigenvalue weighted by Gasteiger charge is -2.34. The van der Waals surface area contributed by atoms with Gasteiger partial charge < -0.3 is 22.8 Å². The van der Waals surface area contributed by atoms with E-state index in [1.807, 2.05) is 0 Å². The summed E-state index contributed by atoms with van der Waals surface area (Å²) in [5.74, 6) is -0.736. The quantitative estimate of drug-likeness (QED) is 0.642. The van der Waals surface area contributed by atoms with Crippen molar-refractivity contribution in [2.75, 3.05) is 11.5 Å². The van der Waals surface area contributed by atoms with Crippen molar-refractivity contribution in [1.82, 2.24) is 0 Å². The number of halogens is 2. The van der Waals surface area contributed by atoms with Gasteiger partial charge in [-0.15, -0.1) is 0 Å². The molecule has 0 saturated heterocycles. The molecule has 8 heteroatoms. The number of fused-ring (bicyclic) bond motifs is 1. The zero-order valence-corrected chi connectivity index (χ0v) is 12.4. The zero-order chi connectivity index (χ0) is 16.4. The average molecular weight is 317 g/mol. The normalized spacial score (nSPS) is 15.6. The summed E-state index contributed by atoms with van der Waals surface area (Å²) in [5, 5.41) is 3.90. The van der Waals surface area contributed by atoms with Crippen molar-refractivity contribution in [3.63, 3.8) is 0 Å². The third-order valence-electron chi connectivity index (χ3n) is 3.46. The Kier molecular flexibility index (Phi) is 3.81. The minimum absolute atomic E-state index is 0.0307. The highest BCUT2D eigenvalue weighted by atomic mass is 19.2. The molecule has 1 aromatic carbocycles. The molecule has 1 aliphatic heterocycles. The summed E-state index contributed by atoms with van der Waals surface area (Å²) < 4.78 is 35.4. The third-order valence-corrected chi connectivity index (χ3v) is 3.46. The van der Waals surface area contributed by atoms with Crippen molar-refractivity contribution < 1.29 is 22.6 Å². The Morgan fingerprint density at radius 2 is 1.91 bits per heavy atom. The molecule has 0 N–H and O–H groups in total. The highest BCUT2D eigenvalue weighted by Gasteiger charge is 2.53. The fourth-order valence-corrected chi connectivity index (χ4v) is 2.44. The van der Waals surface area contributed by atoms with Crippen molar-refractivity contribution in [3.8, 4) is 0 Å². The van der Waals surface area contributed by atoms with E-state index in [9.17, 15) is 13.4 Å². The first-order valence-electron chi connectivity index (χ1n) is 7.19. The Bertz CT molecular complexity index is 768. The smallest absolute Gasteiger partial charge is 0.461 e. The van der Waals surface area contributed by atoms with Crippen molar-refractivity contribution in [3.05, 3.63) is 60.4 Å². The molecule has 1 aliphatic rings. The number of esters is 1. The maximum Gasteiger partial charge on any atom is 0.753 e. The van der Waals surface area contributed by atoms with Crippen molar-refractivity contribution in [2.45, 2.75) is 6.92 Å². The number of anilines is 1. The zero-order valence-electron chi connectivity index (χ0n) is 12.4. The third kappa shape index (κ3) is 2.56. The second-order valence-electron chi connectivity index (χ2n) is 4.93. The summed E-state index contributed by atoms with van der Waals surface area (Å²) in [5.41, 5.74) is 0.0773. The SMILES string of the molecule is CCOC(=O)C1=NN(c2ccccc2)[B-](F)(F)[n+]2ccccc21. The Morgan fingerprint density at radius 3 is 2.61 bits per heavy atom. The van der Waals surface area contributed by atoms with Gasteiger partial charge in [0, 0.05) is 11.8 Å². The number of rotatable bonds is 3. The molecule has 0 fully saturated rings. The molecule has 5 nitrogen and oxygen atoms in total. The first-order valence-corrected chi connectivity index (χ1v) is 7.19. The van der Waals surface area contributed by atoms with Crippen LogP contribution in [0.2, 0.25) is 0 Å². The maximum absolute atomic E-state index is 14.9. The second kappa shape index (κ2) is 5.79. The van der Waals surface area contributed by atoms with Crippen LogP contribution in [0.25, 0.3) is 0 Å². The van der Waals surface area contributed by atoms with Crippen LogP contribution in [0, 0.1) is 0 Å². The molecule has 0 spiro atoms. The van der Waals surface area contributed by atoms with Crippen LogP contribution in [-0.4, -0.2) is 25.3 Å². The molecule has 23 heavy (non-hydrogen) atoms. The van der Waals surface area contributed by atoms with Gasteiger partial charge in [-0.3, -0.25) is 0 Å². The van der Waals surface area contributed by atoms with Gasteiger partial charge in [-0.2, -0.15) is 5.10 Å². The van der Waals surface area contributed by atoms with E-state index in [2.05, 4.69) is 5.10 Å². The Balaban J connectivity index is 2.18. The summed E-state index contributed by atoms with van der Waals surface area (Å²) in [6.07, 6.45) is 1.24. The summed E-state index contributed by atoms with van der Waals surface area (Å²) in [6, 6.07) is 12.5. The first kappa shape index (κ1) is 15.1. The number of hydrazone groups is 1. The maximum atomic E-state index is 14.9. The van der Waals surface area contributed by atoms with Crippen LogP contribution in [-0.2, 0) is 9.53 Å². The predicted octanol–water partition coefficient (Wildman–Crippen LogP) is 1.98. The lowest BCUT2D eigenvalue weighted by molar-refractivity contribution is -0.569. The monoisotopic (exact) mass is 317 g/mol. The molecule has 1 aromatic heterocycles. The van der Waals surface area contributed by atoms with E-state index in [-0.39, 0.29) is 23.7 Å². The molecular weight excluding hydrogens is 303 g/mol. The van der Waals surface area contributed by atoms with Crippen LogP contribution in [0.3, 0.4) is 0 Å². The molecule has 0 radical (unpaired) electrons.